The number of aliphatic hydroxyl groups excluding tert-OH is 1. The zero-order valence-corrected chi connectivity index (χ0v) is 7.12. The maximum Gasteiger partial charge on any atom is 0.0794 e. The second-order valence-corrected chi connectivity index (χ2v) is 3.37. The zero-order chi connectivity index (χ0) is 8.55. The van der Waals surface area contributed by atoms with Crippen molar-refractivity contribution in [3.8, 4) is 0 Å². The Hall–Kier alpha value is -0.870. The molecule has 0 saturated carbocycles. The van der Waals surface area contributed by atoms with E-state index >= 15 is 0 Å². The van der Waals surface area contributed by atoms with E-state index in [1.54, 1.807) is 0 Å². The Balaban J connectivity index is 1.92. The molecule has 0 amide bonds. The number of H-pyrrole nitrogens is 1. The molecule has 1 aromatic heterocycles. The Morgan fingerprint density at radius 1 is 1.75 bits per heavy atom. The van der Waals surface area contributed by atoms with Crippen molar-refractivity contribution in [1.29, 1.82) is 0 Å². The van der Waals surface area contributed by atoms with Gasteiger partial charge in [0, 0.05) is 30.9 Å². The normalized spacial score (nSPS) is 19.5. The summed E-state index contributed by atoms with van der Waals surface area (Å²) in [6, 6.07) is 0. The van der Waals surface area contributed by atoms with Crippen LogP contribution >= 0.6 is 0 Å². The third kappa shape index (κ3) is 1.35. The average Bonchev–Trinajstić information content (AvgIpc) is 2.33. The molecular formula is C8H13N3O. The van der Waals surface area contributed by atoms with E-state index in [0.717, 1.165) is 25.3 Å². The quantitative estimate of drug-likeness (QED) is 0.646. The molecule has 2 rings (SSSR count). The maximum absolute atomic E-state index is 9.05. The molecule has 1 aliphatic rings. The van der Waals surface area contributed by atoms with Gasteiger partial charge in [-0.25, -0.2) is 0 Å². The standard InChI is InChI=1S/C8H13N3O/c1-6-7(2-9-10-6)3-11-4-8(12)5-11/h2,8,12H,3-5H2,1H3,(H,9,10). The molecule has 4 nitrogen and oxygen atoms in total. The van der Waals surface area contributed by atoms with Crippen LogP contribution in [0.3, 0.4) is 0 Å². The number of hydrogen-bond acceptors (Lipinski definition) is 3. The Labute approximate surface area is 71.2 Å². The van der Waals surface area contributed by atoms with Crippen LogP contribution in [0.2, 0.25) is 0 Å². The van der Waals surface area contributed by atoms with Gasteiger partial charge in [0.25, 0.3) is 0 Å². The van der Waals surface area contributed by atoms with E-state index in [1.165, 1.54) is 5.56 Å². The van der Waals surface area contributed by atoms with Gasteiger partial charge in [0.05, 0.1) is 12.3 Å². The van der Waals surface area contributed by atoms with Crippen molar-refractivity contribution in [3.63, 3.8) is 0 Å². The number of rotatable bonds is 2. The number of β-amino-alcohol motifs (C(OH)–C–C–N with tert-alkyl or cyclic N) is 1. The van der Waals surface area contributed by atoms with Crippen molar-refractivity contribution >= 4 is 0 Å². The van der Waals surface area contributed by atoms with E-state index < -0.39 is 0 Å². The van der Waals surface area contributed by atoms with Gasteiger partial charge in [-0.3, -0.25) is 10.00 Å². The van der Waals surface area contributed by atoms with Crippen LogP contribution in [0.5, 0.6) is 0 Å². The van der Waals surface area contributed by atoms with Gasteiger partial charge in [-0.15, -0.1) is 0 Å². The van der Waals surface area contributed by atoms with Crippen molar-refractivity contribution < 1.29 is 5.11 Å². The molecule has 0 radical (unpaired) electrons. The molecule has 1 aromatic rings. The van der Waals surface area contributed by atoms with Gasteiger partial charge >= 0.3 is 0 Å². The lowest BCUT2D eigenvalue weighted by molar-refractivity contribution is -0.00296. The monoisotopic (exact) mass is 167 g/mol. The second-order valence-electron chi connectivity index (χ2n) is 3.37. The molecular weight excluding hydrogens is 154 g/mol. The Morgan fingerprint density at radius 3 is 3.00 bits per heavy atom. The number of likely N-dealkylation sites (tertiary alicyclic amines) is 1. The first kappa shape index (κ1) is 7.76. The van der Waals surface area contributed by atoms with E-state index in [-0.39, 0.29) is 6.10 Å². The number of nitrogens with one attached hydrogen (secondary N) is 1. The number of aromatic nitrogens is 2. The summed E-state index contributed by atoms with van der Waals surface area (Å²) in [5, 5.41) is 15.9. The topological polar surface area (TPSA) is 52.2 Å². The lowest BCUT2D eigenvalue weighted by Gasteiger charge is -2.35. The van der Waals surface area contributed by atoms with Crippen LogP contribution in [0.4, 0.5) is 0 Å². The summed E-state index contributed by atoms with van der Waals surface area (Å²) in [6.07, 6.45) is 1.73. The van der Waals surface area contributed by atoms with Gasteiger partial charge in [0.15, 0.2) is 0 Å². The molecule has 0 aromatic carbocycles. The number of aliphatic hydroxyl groups is 1. The minimum Gasteiger partial charge on any atom is -0.390 e. The number of aryl methyl sites for hydroxylation is 1. The Morgan fingerprint density at radius 2 is 2.50 bits per heavy atom. The fraction of sp³-hybridized carbons (Fsp3) is 0.625. The predicted octanol–water partition coefficient (Wildman–Crippen LogP) is -0.105. The SMILES string of the molecule is Cc1[nH]ncc1CN1CC(O)C1. The third-order valence-corrected chi connectivity index (χ3v) is 2.27. The Kier molecular flexibility index (Phi) is 1.86. The van der Waals surface area contributed by atoms with Crippen molar-refractivity contribution in [2.24, 2.45) is 0 Å². The van der Waals surface area contributed by atoms with Gasteiger partial charge in [-0.1, -0.05) is 0 Å². The molecule has 1 saturated heterocycles. The third-order valence-electron chi connectivity index (χ3n) is 2.27. The molecule has 0 atom stereocenters. The molecule has 2 heterocycles. The van der Waals surface area contributed by atoms with Crippen LogP contribution in [-0.2, 0) is 6.54 Å². The lowest BCUT2D eigenvalue weighted by Crippen LogP contribution is -2.49. The first-order chi connectivity index (χ1) is 5.75. The molecule has 4 heteroatoms. The van der Waals surface area contributed by atoms with Crippen LogP contribution in [-0.4, -0.2) is 39.4 Å². The summed E-state index contributed by atoms with van der Waals surface area (Å²) in [6.45, 7) is 4.51. The summed E-state index contributed by atoms with van der Waals surface area (Å²) >= 11 is 0. The van der Waals surface area contributed by atoms with Crippen LogP contribution in [0.1, 0.15) is 11.3 Å². The first-order valence-electron chi connectivity index (χ1n) is 4.15. The smallest absolute Gasteiger partial charge is 0.0794 e. The molecule has 2 N–H and O–H groups in total. The summed E-state index contributed by atoms with van der Waals surface area (Å²) in [5.74, 6) is 0. The molecule has 0 bridgehead atoms. The minimum absolute atomic E-state index is 0.114. The van der Waals surface area contributed by atoms with Gasteiger partial charge in [-0.2, -0.15) is 5.10 Å². The highest BCUT2D eigenvalue weighted by Gasteiger charge is 2.24. The van der Waals surface area contributed by atoms with Crippen LogP contribution < -0.4 is 0 Å². The summed E-state index contributed by atoms with van der Waals surface area (Å²) in [5.41, 5.74) is 2.35. The average molecular weight is 167 g/mol. The highest BCUT2D eigenvalue weighted by atomic mass is 16.3. The summed E-state index contributed by atoms with van der Waals surface area (Å²) in [4.78, 5) is 2.20. The van der Waals surface area contributed by atoms with Crippen LogP contribution in [0.15, 0.2) is 6.20 Å². The van der Waals surface area contributed by atoms with Gasteiger partial charge in [-0.05, 0) is 6.92 Å². The van der Waals surface area contributed by atoms with Gasteiger partial charge < -0.3 is 5.11 Å². The lowest BCUT2D eigenvalue weighted by atomic mass is 10.1. The van der Waals surface area contributed by atoms with E-state index in [9.17, 15) is 0 Å². The molecule has 1 fully saturated rings. The predicted molar refractivity (Wildman–Crippen MR) is 44.6 cm³/mol. The second kappa shape index (κ2) is 2.88. The van der Waals surface area contributed by atoms with Crippen LogP contribution in [0, 0.1) is 6.92 Å². The number of nitrogens with zero attached hydrogens (tertiary/aromatic N) is 2. The van der Waals surface area contributed by atoms with Crippen molar-refractivity contribution in [3.05, 3.63) is 17.5 Å². The molecule has 0 unspecified atom stereocenters. The van der Waals surface area contributed by atoms with Crippen molar-refractivity contribution in [2.75, 3.05) is 13.1 Å². The molecule has 66 valence electrons. The highest BCUT2D eigenvalue weighted by Crippen LogP contribution is 2.13. The number of aromatic amines is 1. The van der Waals surface area contributed by atoms with E-state index in [4.69, 9.17) is 5.11 Å². The maximum atomic E-state index is 9.05. The zero-order valence-electron chi connectivity index (χ0n) is 7.12. The van der Waals surface area contributed by atoms with E-state index in [2.05, 4.69) is 15.1 Å². The molecule has 1 aliphatic heterocycles. The van der Waals surface area contributed by atoms with Gasteiger partial charge in [0.2, 0.25) is 0 Å². The summed E-state index contributed by atoms with van der Waals surface area (Å²) < 4.78 is 0. The van der Waals surface area contributed by atoms with Crippen molar-refractivity contribution in [2.45, 2.75) is 19.6 Å². The molecule has 0 aliphatic carbocycles. The van der Waals surface area contributed by atoms with Gasteiger partial charge in [0.1, 0.15) is 0 Å². The molecule has 12 heavy (non-hydrogen) atoms. The van der Waals surface area contributed by atoms with Crippen molar-refractivity contribution in [1.82, 2.24) is 15.1 Å². The summed E-state index contributed by atoms with van der Waals surface area (Å²) in [7, 11) is 0. The number of hydrogen-bond donors (Lipinski definition) is 2. The van der Waals surface area contributed by atoms with E-state index in [1.807, 2.05) is 13.1 Å². The van der Waals surface area contributed by atoms with Crippen LogP contribution in [0.25, 0.3) is 0 Å². The highest BCUT2D eigenvalue weighted by molar-refractivity contribution is 5.14. The minimum atomic E-state index is -0.114. The Bertz CT molecular complexity index is 265. The first-order valence-corrected chi connectivity index (χ1v) is 4.15. The van der Waals surface area contributed by atoms with E-state index in [0.29, 0.717) is 0 Å². The fourth-order valence-electron chi connectivity index (χ4n) is 1.45. The molecule has 0 spiro atoms. The largest absolute Gasteiger partial charge is 0.390 e. The fourth-order valence-corrected chi connectivity index (χ4v) is 1.45.